The van der Waals surface area contributed by atoms with Gasteiger partial charge in [0.25, 0.3) is 5.56 Å². The number of nitrogens with zero attached hydrogens (tertiary/aromatic N) is 2. The summed E-state index contributed by atoms with van der Waals surface area (Å²) in [6.07, 6.45) is 1.30. The number of aromatic nitrogens is 1. The molecule has 3 aromatic rings. The molecule has 11 heteroatoms. The predicted molar refractivity (Wildman–Crippen MR) is 152 cm³/mol. The van der Waals surface area contributed by atoms with E-state index in [9.17, 15) is 19.2 Å². The summed E-state index contributed by atoms with van der Waals surface area (Å²) in [6.45, 7) is 8.65. The molecule has 1 unspecified atom stereocenters. The highest BCUT2D eigenvalue weighted by Crippen LogP contribution is 2.32. The molecule has 0 aliphatic carbocycles. The van der Waals surface area contributed by atoms with Crippen molar-refractivity contribution in [3.8, 4) is 11.5 Å². The molecule has 10 nitrogen and oxygen atoms in total. The molecule has 0 bridgehead atoms. The maximum atomic E-state index is 13.9. The van der Waals surface area contributed by atoms with E-state index in [0.717, 1.165) is 0 Å². The van der Waals surface area contributed by atoms with Gasteiger partial charge in [0, 0.05) is 6.92 Å². The fourth-order valence-corrected chi connectivity index (χ4v) is 5.41. The number of methoxy groups -OCH3 is 1. The van der Waals surface area contributed by atoms with Gasteiger partial charge in [0.05, 0.1) is 47.2 Å². The van der Waals surface area contributed by atoms with Crippen LogP contribution in [0.1, 0.15) is 62.1 Å². The molecule has 1 atom stereocenters. The SMILES string of the molecule is CCOc1cc(C=c2sc3n(c2=O)C(c2ccc(C(=O)OC)cc2)C(C(=O)OC(C)C)=C(C)N=3)ccc1OC(C)=O. The zero-order valence-electron chi connectivity index (χ0n) is 23.5. The number of thiazole rings is 1. The van der Waals surface area contributed by atoms with Gasteiger partial charge in [-0.1, -0.05) is 29.5 Å². The Hall–Kier alpha value is -4.51. The number of esters is 3. The lowest BCUT2D eigenvalue weighted by atomic mass is 9.95. The van der Waals surface area contributed by atoms with Crippen molar-refractivity contribution in [3.05, 3.63) is 90.1 Å². The molecule has 214 valence electrons. The van der Waals surface area contributed by atoms with E-state index in [4.69, 9.17) is 18.9 Å². The number of fused-ring (bicyclic) bond motifs is 1. The number of allylic oxidation sites excluding steroid dienone is 1. The third-order valence-electron chi connectivity index (χ3n) is 6.05. The average Bonchev–Trinajstić information content (AvgIpc) is 3.22. The van der Waals surface area contributed by atoms with E-state index in [-0.39, 0.29) is 23.0 Å². The zero-order chi connectivity index (χ0) is 29.8. The molecular weight excluding hydrogens is 548 g/mol. The Bertz CT molecular complexity index is 1710. The number of hydrogen-bond acceptors (Lipinski definition) is 10. The topological polar surface area (TPSA) is 122 Å². The number of ether oxygens (including phenoxy) is 4. The molecule has 4 rings (SSSR count). The lowest BCUT2D eigenvalue weighted by molar-refractivity contribution is -0.143. The molecular formula is C30H30N2O8S. The van der Waals surface area contributed by atoms with Crippen LogP contribution in [0.5, 0.6) is 11.5 Å². The smallest absolute Gasteiger partial charge is 0.338 e. The second kappa shape index (κ2) is 12.3. The van der Waals surface area contributed by atoms with Crippen molar-refractivity contribution < 1.29 is 33.3 Å². The molecule has 0 saturated heterocycles. The lowest BCUT2D eigenvalue weighted by Gasteiger charge is -2.25. The second-order valence-corrected chi connectivity index (χ2v) is 10.4. The summed E-state index contributed by atoms with van der Waals surface area (Å²) in [7, 11) is 1.29. The van der Waals surface area contributed by atoms with Gasteiger partial charge >= 0.3 is 17.9 Å². The lowest BCUT2D eigenvalue weighted by Crippen LogP contribution is -2.40. The van der Waals surface area contributed by atoms with Gasteiger partial charge < -0.3 is 18.9 Å². The molecule has 1 aromatic heterocycles. The van der Waals surface area contributed by atoms with Gasteiger partial charge in [0.2, 0.25) is 0 Å². The van der Waals surface area contributed by atoms with E-state index in [0.29, 0.717) is 44.1 Å². The van der Waals surface area contributed by atoms with Crippen molar-refractivity contribution in [1.82, 2.24) is 4.57 Å². The first-order valence-corrected chi connectivity index (χ1v) is 13.7. The van der Waals surface area contributed by atoms with Gasteiger partial charge in [0.15, 0.2) is 16.3 Å². The summed E-state index contributed by atoms with van der Waals surface area (Å²) in [5.41, 5.74) is 1.87. The Morgan fingerprint density at radius 1 is 1.07 bits per heavy atom. The molecule has 0 saturated carbocycles. The van der Waals surface area contributed by atoms with Gasteiger partial charge in [-0.25, -0.2) is 14.6 Å². The summed E-state index contributed by atoms with van der Waals surface area (Å²) in [5.74, 6) is -0.925. The van der Waals surface area contributed by atoms with E-state index < -0.39 is 23.9 Å². The van der Waals surface area contributed by atoms with Crippen LogP contribution in [-0.2, 0) is 19.1 Å². The Morgan fingerprint density at radius 3 is 2.39 bits per heavy atom. The standard InChI is InChI=1S/C30H30N2O8S/c1-7-38-23-14-19(8-13-22(23)40-18(5)33)15-24-27(34)32-26(20-9-11-21(12-10-20)28(35)37-6)25(29(36)39-16(2)3)17(4)31-30(32)41-24/h8-16,26H,7H2,1-6H3. The minimum absolute atomic E-state index is 0.229. The normalized spacial score (nSPS) is 14.8. The molecule has 1 aliphatic heterocycles. The van der Waals surface area contributed by atoms with Crippen molar-refractivity contribution >= 4 is 35.3 Å². The third-order valence-corrected chi connectivity index (χ3v) is 7.03. The molecule has 0 N–H and O–H groups in total. The van der Waals surface area contributed by atoms with Crippen molar-refractivity contribution in [1.29, 1.82) is 0 Å². The van der Waals surface area contributed by atoms with Crippen molar-refractivity contribution in [2.75, 3.05) is 13.7 Å². The molecule has 0 spiro atoms. The summed E-state index contributed by atoms with van der Waals surface area (Å²) in [4.78, 5) is 55.6. The van der Waals surface area contributed by atoms with Crippen LogP contribution in [0.4, 0.5) is 0 Å². The highest BCUT2D eigenvalue weighted by atomic mass is 32.1. The van der Waals surface area contributed by atoms with Crippen LogP contribution in [0.3, 0.4) is 0 Å². The fourth-order valence-electron chi connectivity index (χ4n) is 4.37. The molecule has 0 radical (unpaired) electrons. The number of carbonyl (C=O) groups is 3. The summed E-state index contributed by atoms with van der Waals surface area (Å²) < 4.78 is 23.0. The average molecular weight is 579 g/mol. The van der Waals surface area contributed by atoms with Crippen LogP contribution in [0.15, 0.2) is 63.5 Å². The van der Waals surface area contributed by atoms with Gasteiger partial charge in [-0.3, -0.25) is 14.2 Å². The van der Waals surface area contributed by atoms with E-state index in [1.807, 2.05) is 6.92 Å². The van der Waals surface area contributed by atoms with Crippen LogP contribution in [0.2, 0.25) is 0 Å². The maximum Gasteiger partial charge on any atom is 0.338 e. The molecule has 0 fully saturated rings. The van der Waals surface area contributed by atoms with E-state index in [2.05, 4.69) is 4.99 Å². The highest BCUT2D eigenvalue weighted by Gasteiger charge is 2.34. The minimum Gasteiger partial charge on any atom is -0.490 e. The molecule has 2 aromatic carbocycles. The molecule has 2 heterocycles. The summed E-state index contributed by atoms with van der Waals surface area (Å²) in [5, 5.41) is 0. The monoisotopic (exact) mass is 578 g/mol. The molecule has 41 heavy (non-hydrogen) atoms. The van der Waals surface area contributed by atoms with Crippen molar-refractivity contribution in [2.45, 2.75) is 46.8 Å². The first kappa shape index (κ1) is 29.5. The Balaban J connectivity index is 1.88. The second-order valence-electron chi connectivity index (χ2n) is 9.38. The minimum atomic E-state index is -0.836. The Morgan fingerprint density at radius 2 is 1.78 bits per heavy atom. The van der Waals surface area contributed by atoms with E-state index in [1.165, 1.54) is 29.9 Å². The largest absolute Gasteiger partial charge is 0.490 e. The maximum absolute atomic E-state index is 13.9. The van der Waals surface area contributed by atoms with Crippen LogP contribution in [0.25, 0.3) is 6.08 Å². The molecule has 1 aliphatic rings. The number of carbonyl (C=O) groups excluding carboxylic acids is 3. The quantitative estimate of drug-likeness (QED) is 0.295. The van der Waals surface area contributed by atoms with Gasteiger partial charge in [-0.15, -0.1) is 0 Å². The van der Waals surface area contributed by atoms with Crippen LogP contribution < -0.4 is 24.4 Å². The van der Waals surface area contributed by atoms with Crippen molar-refractivity contribution in [3.63, 3.8) is 0 Å². The van der Waals surface area contributed by atoms with E-state index >= 15 is 0 Å². The highest BCUT2D eigenvalue weighted by molar-refractivity contribution is 7.07. The number of hydrogen-bond donors (Lipinski definition) is 0. The zero-order valence-corrected chi connectivity index (χ0v) is 24.4. The first-order valence-electron chi connectivity index (χ1n) is 12.9. The van der Waals surface area contributed by atoms with Crippen molar-refractivity contribution in [2.24, 2.45) is 4.99 Å². The van der Waals surface area contributed by atoms with Crippen LogP contribution >= 0.6 is 11.3 Å². The third kappa shape index (κ3) is 6.30. The molecule has 0 amide bonds. The van der Waals surface area contributed by atoms with Crippen LogP contribution in [-0.4, -0.2) is 42.3 Å². The predicted octanol–water partition coefficient (Wildman–Crippen LogP) is 3.30. The summed E-state index contributed by atoms with van der Waals surface area (Å²) >= 11 is 1.17. The first-order chi connectivity index (χ1) is 19.5. The van der Waals surface area contributed by atoms with Gasteiger partial charge in [-0.05, 0) is 69.2 Å². The van der Waals surface area contributed by atoms with Crippen LogP contribution in [0, 0.1) is 0 Å². The van der Waals surface area contributed by atoms with Gasteiger partial charge in [0.1, 0.15) is 0 Å². The Kier molecular flexibility index (Phi) is 8.87. The fraction of sp³-hybridized carbons (Fsp3) is 0.300. The number of benzene rings is 2. The summed E-state index contributed by atoms with van der Waals surface area (Å²) in [6, 6.07) is 10.7. The van der Waals surface area contributed by atoms with Gasteiger partial charge in [-0.2, -0.15) is 0 Å². The Labute approximate surface area is 240 Å². The van der Waals surface area contributed by atoms with E-state index in [1.54, 1.807) is 69.3 Å². The number of rotatable bonds is 8.